The Morgan fingerprint density at radius 2 is 2.05 bits per heavy atom. The lowest BCUT2D eigenvalue weighted by Crippen LogP contribution is -2.15. The standard InChI is InChI=1S/C15H15F3N2O/c1-2-6-19-8-10-7-11(16)9-20-15(10)21-13-5-3-4-12(17)14(13)18/h3-5,7,9,19H,2,6,8H2,1H3. The molecule has 3 nitrogen and oxygen atoms in total. The number of hydrogen-bond donors (Lipinski definition) is 1. The second-order valence-electron chi connectivity index (χ2n) is 4.45. The van der Waals surface area contributed by atoms with Crippen LogP contribution in [0.25, 0.3) is 0 Å². The van der Waals surface area contributed by atoms with Gasteiger partial charge in [-0.15, -0.1) is 0 Å². The van der Waals surface area contributed by atoms with Gasteiger partial charge in [0.1, 0.15) is 5.82 Å². The molecule has 1 N–H and O–H groups in total. The molecule has 0 saturated heterocycles. The van der Waals surface area contributed by atoms with Crippen molar-refractivity contribution in [3.05, 3.63) is 53.5 Å². The lowest BCUT2D eigenvalue weighted by Gasteiger charge is -2.11. The molecule has 1 aromatic heterocycles. The van der Waals surface area contributed by atoms with Crippen molar-refractivity contribution in [3.8, 4) is 11.6 Å². The molecule has 2 aromatic rings. The smallest absolute Gasteiger partial charge is 0.224 e. The molecule has 21 heavy (non-hydrogen) atoms. The Morgan fingerprint density at radius 1 is 1.24 bits per heavy atom. The summed E-state index contributed by atoms with van der Waals surface area (Å²) < 4.78 is 45.3. The summed E-state index contributed by atoms with van der Waals surface area (Å²) in [6.45, 7) is 3.06. The summed E-state index contributed by atoms with van der Waals surface area (Å²) in [7, 11) is 0. The lowest BCUT2D eigenvalue weighted by atomic mass is 10.2. The van der Waals surface area contributed by atoms with E-state index in [1.165, 1.54) is 18.2 Å². The van der Waals surface area contributed by atoms with Gasteiger partial charge in [-0.25, -0.2) is 13.8 Å². The molecule has 0 fully saturated rings. The van der Waals surface area contributed by atoms with Gasteiger partial charge in [0.05, 0.1) is 6.20 Å². The van der Waals surface area contributed by atoms with Crippen molar-refractivity contribution in [2.45, 2.75) is 19.9 Å². The lowest BCUT2D eigenvalue weighted by molar-refractivity contribution is 0.398. The van der Waals surface area contributed by atoms with E-state index < -0.39 is 17.5 Å². The zero-order chi connectivity index (χ0) is 15.2. The zero-order valence-electron chi connectivity index (χ0n) is 11.5. The maximum absolute atomic E-state index is 13.6. The van der Waals surface area contributed by atoms with Crippen LogP contribution in [0.5, 0.6) is 11.6 Å². The van der Waals surface area contributed by atoms with Crippen molar-refractivity contribution >= 4 is 0 Å². The highest BCUT2D eigenvalue weighted by molar-refractivity contribution is 5.33. The summed E-state index contributed by atoms with van der Waals surface area (Å²) >= 11 is 0. The van der Waals surface area contributed by atoms with E-state index in [2.05, 4.69) is 10.3 Å². The van der Waals surface area contributed by atoms with Crippen molar-refractivity contribution in [2.24, 2.45) is 0 Å². The molecule has 0 aliphatic heterocycles. The molecule has 1 aromatic carbocycles. The maximum atomic E-state index is 13.6. The van der Waals surface area contributed by atoms with Crippen LogP contribution in [0, 0.1) is 17.5 Å². The highest BCUT2D eigenvalue weighted by atomic mass is 19.2. The van der Waals surface area contributed by atoms with Gasteiger partial charge in [0, 0.05) is 12.1 Å². The second-order valence-corrected chi connectivity index (χ2v) is 4.45. The van der Waals surface area contributed by atoms with Gasteiger partial charge in [0.15, 0.2) is 11.6 Å². The fraction of sp³-hybridized carbons (Fsp3) is 0.267. The predicted octanol–water partition coefficient (Wildman–Crippen LogP) is 3.79. The highest BCUT2D eigenvalue weighted by Gasteiger charge is 2.13. The summed E-state index contributed by atoms with van der Waals surface area (Å²) in [4.78, 5) is 3.80. The predicted molar refractivity (Wildman–Crippen MR) is 72.6 cm³/mol. The quantitative estimate of drug-likeness (QED) is 0.824. The van der Waals surface area contributed by atoms with Crippen LogP contribution in [0.1, 0.15) is 18.9 Å². The third kappa shape index (κ3) is 3.95. The van der Waals surface area contributed by atoms with E-state index in [1.54, 1.807) is 0 Å². The van der Waals surface area contributed by atoms with Gasteiger partial charge < -0.3 is 10.1 Å². The first kappa shape index (κ1) is 15.3. The fourth-order valence-corrected chi connectivity index (χ4v) is 1.75. The molecule has 1 heterocycles. The van der Waals surface area contributed by atoms with E-state index in [4.69, 9.17) is 4.74 Å². The average Bonchev–Trinajstić information content (AvgIpc) is 2.46. The maximum Gasteiger partial charge on any atom is 0.224 e. The van der Waals surface area contributed by atoms with Crippen molar-refractivity contribution in [2.75, 3.05) is 6.54 Å². The van der Waals surface area contributed by atoms with E-state index in [-0.39, 0.29) is 11.6 Å². The first-order valence-electron chi connectivity index (χ1n) is 6.58. The van der Waals surface area contributed by atoms with E-state index in [9.17, 15) is 13.2 Å². The fourth-order valence-electron chi connectivity index (χ4n) is 1.75. The van der Waals surface area contributed by atoms with Gasteiger partial charge in [0.25, 0.3) is 0 Å². The number of aromatic nitrogens is 1. The molecule has 2 rings (SSSR count). The molecule has 0 saturated carbocycles. The second kappa shape index (κ2) is 7.08. The monoisotopic (exact) mass is 296 g/mol. The van der Waals surface area contributed by atoms with E-state index in [0.29, 0.717) is 12.1 Å². The molecule has 0 spiro atoms. The third-order valence-electron chi connectivity index (χ3n) is 2.76. The largest absolute Gasteiger partial charge is 0.435 e. The molecular weight excluding hydrogens is 281 g/mol. The Bertz CT molecular complexity index is 620. The molecule has 0 aliphatic rings. The Labute approximate surface area is 120 Å². The van der Waals surface area contributed by atoms with Crippen LogP contribution in [0.4, 0.5) is 13.2 Å². The minimum Gasteiger partial charge on any atom is -0.435 e. The van der Waals surface area contributed by atoms with Crippen LogP contribution in [-0.4, -0.2) is 11.5 Å². The third-order valence-corrected chi connectivity index (χ3v) is 2.76. The topological polar surface area (TPSA) is 34.2 Å². The number of halogens is 3. The van der Waals surface area contributed by atoms with Crippen molar-refractivity contribution < 1.29 is 17.9 Å². The van der Waals surface area contributed by atoms with Crippen molar-refractivity contribution in [3.63, 3.8) is 0 Å². The van der Waals surface area contributed by atoms with Crippen LogP contribution < -0.4 is 10.1 Å². The van der Waals surface area contributed by atoms with Gasteiger partial charge in [0.2, 0.25) is 11.7 Å². The first-order chi connectivity index (χ1) is 10.1. The summed E-state index contributed by atoms with van der Waals surface area (Å²) in [5.41, 5.74) is 0.437. The Hall–Kier alpha value is -2.08. The summed E-state index contributed by atoms with van der Waals surface area (Å²) in [5, 5.41) is 3.08. The highest BCUT2D eigenvalue weighted by Crippen LogP contribution is 2.27. The Morgan fingerprint density at radius 3 is 2.81 bits per heavy atom. The number of ether oxygens (including phenoxy) is 1. The molecular formula is C15H15F3N2O. The molecule has 0 atom stereocenters. The van der Waals surface area contributed by atoms with Gasteiger partial charge in [-0.2, -0.15) is 4.39 Å². The number of hydrogen-bond acceptors (Lipinski definition) is 3. The molecule has 6 heteroatoms. The SMILES string of the molecule is CCCNCc1cc(F)cnc1Oc1cccc(F)c1F. The number of rotatable bonds is 6. The number of benzene rings is 1. The van der Waals surface area contributed by atoms with Crippen LogP contribution in [0.2, 0.25) is 0 Å². The summed E-state index contributed by atoms with van der Waals surface area (Å²) in [6.07, 6.45) is 1.88. The Kier molecular flexibility index (Phi) is 5.16. The number of pyridine rings is 1. The summed E-state index contributed by atoms with van der Waals surface area (Å²) in [5.74, 6) is -2.87. The normalized spacial score (nSPS) is 10.7. The van der Waals surface area contributed by atoms with Gasteiger partial charge in [-0.3, -0.25) is 0 Å². The van der Waals surface area contributed by atoms with Crippen LogP contribution in [-0.2, 0) is 6.54 Å². The van der Waals surface area contributed by atoms with Crippen molar-refractivity contribution in [1.82, 2.24) is 10.3 Å². The van der Waals surface area contributed by atoms with Crippen molar-refractivity contribution in [1.29, 1.82) is 0 Å². The molecule has 112 valence electrons. The van der Waals surface area contributed by atoms with Gasteiger partial charge in [-0.05, 0) is 31.2 Å². The molecule has 0 unspecified atom stereocenters. The minimum absolute atomic E-state index is 0.0458. The van der Waals surface area contributed by atoms with E-state index in [0.717, 1.165) is 25.2 Å². The number of nitrogens with one attached hydrogen (secondary N) is 1. The first-order valence-corrected chi connectivity index (χ1v) is 6.58. The van der Waals surface area contributed by atoms with E-state index >= 15 is 0 Å². The minimum atomic E-state index is -1.10. The van der Waals surface area contributed by atoms with E-state index in [1.807, 2.05) is 6.92 Å². The average molecular weight is 296 g/mol. The van der Waals surface area contributed by atoms with Crippen LogP contribution in [0.15, 0.2) is 30.5 Å². The molecule has 0 amide bonds. The molecule has 0 bridgehead atoms. The van der Waals surface area contributed by atoms with Crippen LogP contribution >= 0.6 is 0 Å². The van der Waals surface area contributed by atoms with Gasteiger partial charge in [-0.1, -0.05) is 13.0 Å². The molecule has 0 aliphatic carbocycles. The summed E-state index contributed by atoms with van der Waals surface area (Å²) in [6, 6.07) is 4.85. The Balaban J connectivity index is 2.24. The van der Waals surface area contributed by atoms with Crippen LogP contribution in [0.3, 0.4) is 0 Å². The zero-order valence-corrected chi connectivity index (χ0v) is 11.5. The molecule has 0 radical (unpaired) electrons. The van der Waals surface area contributed by atoms with Gasteiger partial charge >= 0.3 is 0 Å². The number of nitrogens with zero attached hydrogens (tertiary/aromatic N) is 1.